The maximum atomic E-state index is 13.7. The summed E-state index contributed by atoms with van der Waals surface area (Å²) in [6.07, 6.45) is 1.40. The number of anilines is 1. The highest BCUT2D eigenvalue weighted by molar-refractivity contribution is 7.92. The SMILES string of the molecule is CCOc1ccc(N(CC(=O)N(Cc2cccc(OC)c2)[C@H](CC)C(=O)NC(C)C)S(C)(=O)=O)cc1. The lowest BCUT2D eigenvalue weighted by Crippen LogP contribution is -2.53. The normalized spacial score (nSPS) is 12.1. The van der Waals surface area contributed by atoms with Gasteiger partial charge in [-0.1, -0.05) is 19.1 Å². The molecule has 10 heteroatoms. The molecule has 2 aromatic carbocycles. The van der Waals surface area contributed by atoms with Gasteiger partial charge in [0.25, 0.3) is 0 Å². The Morgan fingerprint density at radius 1 is 1.03 bits per heavy atom. The fraction of sp³-hybridized carbons (Fsp3) is 0.462. The number of ether oxygens (including phenoxy) is 2. The number of sulfonamides is 1. The molecule has 0 aliphatic carbocycles. The topological polar surface area (TPSA) is 105 Å². The number of amides is 2. The molecule has 2 rings (SSSR count). The molecule has 36 heavy (non-hydrogen) atoms. The number of benzene rings is 2. The minimum atomic E-state index is -3.80. The number of hydrogen-bond acceptors (Lipinski definition) is 6. The van der Waals surface area contributed by atoms with E-state index in [2.05, 4.69) is 5.32 Å². The number of methoxy groups -OCH3 is 1. The van der Waals surface area contributed by atoms with Crippen molar-refractivity contribution in [1.29, 1.82) is 0 Å². The Morgan fingerprint density at radius 3 is 2.22 bits per heavy atom. The van der Waals surface area contributed by atoms with E-state index in [4.69, 9.17) is 9.47 Å². The van der Waals surface area contributed by atoms with Crippen molar-refractivity contribution in [3.8, 4) is 11.5 Å². The van der Waals surface area contributed by atoms with E-state index in [0.29, 0.717) is 30.2 Å². The number of nitrogens with one attached hydrogen (secondary N) is 1. The molecule has 198 valence electrons. The molecule has 0 saturated carbocycles. The van der Waals surface area contributed by atoms with Gasteiger partial charge in [0.05, 0.1) is 25.7 Å². The minimum Gasteiger partial charge on any atom is -0.497 e. The number of carbonyl (C=O) groups is 2. The van der Waals surface area contributed by atoms with Crippen molar-refractivity contribution in [2.75, 3.05) is 30.8 Å². The molecule has 0 fully saturated rings. The molecule has 0 heterocycles. The second-order valence-corrected chi connectivity index (χ2v) is 10.6. The first-order valence-electron chi connectivity index (χ1n) is 11.9. The van der Waals surface area contributed by atoms with Crippen molar-refractivity contribution in [2.45, 2.75) is 52.7 Å². The molecule has 0 aliphatic rings. The van der Waals surface area contributed by atoms with Crippen molar-refractivity contribution in [3.63, 3.8) is 0 Å². The third kappa shape index (κ3) is 8.15. The van der Waals surface area contributed by atoms with Crippen LogP contribution < -0.4 is 19.1 Å². The minimum absolute atomic E-state index is 0.112. The maximum absolute atomic E-state index is 13.7. The number of nitrogens with zero attached hydrogens (tertiary/aromatic N) is 2. The Balaban J connectivity index is 2.43. The first kappa shape index (κ1) is 29.0. The van der Waals surface area contributed by atoms with E-state index >= 15 is 0 Å². The lowest BCUT2D eigenvalue weighted by atomic mass is 10.1. The van der Waals surface area contributed by atoms with Crippen LogP contribution >= 0.6 is 0 Å². The summed E-state index contributed by atoms with van der Waals surface area (Å²) in [5.41, 5.74) is 1.08. The second kappa shape index (κ2) is 13.2. The van der Waals surface area contributed by atoms with Crippen LogP contribution in [0.25, 0.3) is 0 Å². The van der Waals surface area contributed by atoms with Crippen LogP contribution in [-0.2, 0) is 26.2 Å². The van der Waals surface area contributed by atoms with Crippen molar-refractivity contribution in [2.24, 2.45) is 0 Å². The highest BCUT2D eigenvalue weighted by Crippen LogP contribution is 2.23. The van der Waals surface area contributed by atoms with Gasteiger partial charge in [0.2, 0.25) is 21.8 Å². The lowest BCUT2D eigenvalue weighted by Gasteiger charge is -2.33. The molecule has 0 spiro atoms. The maximum Gasteiger partial charge on any atom is 0.244 e. The van der Waals surface area contributed by atoms with E-state index in [-0.39, 0.29) is 18.5 Å². The molecule has 2 aromatic rings. The van der Waals surface area contributed by atoms with Gasteiger partial charge in [0.1, 0.15) is 24.1 Å². The summed E-state index contributed by atoms with van der Waals surface area (Å²) in [5, 5.41) is 2.87. The quantitative estimate of drug-likeness (QED) is 0.436. The van der Waals surface area contributed by atoms with Crippen molar-refractivity contribution >= 4 is 27.5 Å². The van der Waals surface area contributed by atoms with Gasteiger partial charge >= 0.3 is 0 Å². The molecule has 2 amide bonds. The molecule has 0 aromatic heterocycles. The number of hydrogen-bond donors (Lipinski definition) is 1. The van der Waals surface area contributed by atoms with Crippen molar-refractivity contribution in [1.82, 2.24) is 10.2 Å². The van der Waals surface area contributed by atoms with Gasteiger partial charge in [0, 0.05) is 12.6 Å². The summed E-state index contributed by atoms with van der Waals surface area (Å²) in [4.78, 5) is 28.1. The Hall–Kier alpha value is -3.27. The van der Waals surface area contributed by atoms with Crippen LogP contribution in [0.3, 0.4) is 0 Å². The zero-order valence-corrected chi connectivity index (χ0v) is 22.7. The van der Waals surface area contributed by atoms with Gasteiger partial charge in [-0.3, -0.25) is 13.9 Å². The van der Waals surface area contributed by atoms with E-state index in [9.17, 15) is 18.0 Å². The Bertz CT molecular complexity index is 1120. The first-order valence-corrected chi connectivity index (χ1v) is 13.8. The summed E-state index contributed by atoms with van der Waals surface area (Å²) in [6.45, 7) is 7.49. The summed E-state index contributed by atoms with van der Waals surface area (Å²) in [6, 6.07) is 12.8. The van der Waals surface area contributed by atoms with E-state index in [1.54, 1.807) is 49.6 Å². The van der Waals surface area contributed by atoms with Crippen LogP contribution in [0.4, 0.5) is 5.69 Å². The molecular formula is C26H37N3O6S. The number of rotatable bonds is 13. The first-order chi connectivity index (χ1) is 17.0. The highest BCUT2D eigenvalue weighted by Gasteiger charge is 2.32. The summed E-state index contributed by atoms with van der Waals surface area (Å²) in [5.74, 6) is 0.419. The van der Waals surface area contributed by atoms with Crippen LogP contribution in [-0.4, -0.2) is 63.7 Å². The Morgan fingerprint density at radius 2 is 1.69 bits per heavy atom. The zero-order chi connectivity index (χ0) is 26.9. The zero-order valence-electron chi connectivity index (χ0n) is 21.9. The van der Waals surface area contributed by atoms with Gasteiger partial charge in [-0.15, -0.1) is 0 Å². The fourth-order valence-corrected chi connectivity index (χ4v) is 4.61. The molecule has 0 saturated heterocycles. The van der Waals surface area contributed by atoms with Crippen LogP contribution in [0, 0.1) is 0 Å². The van der Waals surface area contributed by atoms with Gasteiger partial charge in [-0.05, 0) is 69.2 Å². The molecule has 0 radical (unpaired) electrons. The van der Waals surface area contributed by atoms with Crippen LogP contribution in [0.15, 0.2) is 48.5 Å². The number of carbonyl (C=O) groups excluding carboxylic acids is 2. The van der Waals surface area contributed by atoms with Crippen LogP contribution in [0.5, 0.6) is 11.5 Å². The summed E-state index contributed by atoms with van der Waals surface area (Å²) in [7, 11) is -2.25. The summed E-state index contributed by atoms with van der Waals surface area (Å²) < 4.78 is 37.2. The van der Waals surface area contributed by atoms with Crippen molar-refractivity contribution in [3.05, 3.63) is 54.1 Å². The average Bonchev–Trinajstić information content (AvgIpc) is 2.82. The Kier molecular flexibility index (Phi) is 10.6. The molecule has 9 nitrogen and oxygen atoms in total. The molecule has 0 bridgehead atoms. The lowest BCUT2D eigenvalue weighted by molar-refractivity contribution is -0.140. The fourth-order valence-electron chi connectivity index (χ4n) is 3.76. The van der Waals surface area contributed by atoms with Crippen LogP contribution in [0.2, 0.25) is 0 Å². The molecule has 1 N–H and O–H groups in total. The van der Waals surface area contributed by atoms with Crippen molar-refractivity contribution < 1.29 is 27.5 Å². The van der Waals surface area contributed by atoms with E-state index in [1.165, 1.54) is 4.90 Å². The van der Waals surface area contributed by atoms with Gasteiger partial charge in [-0.2, -0.15) is 0 Å². The standard InChI is InChI=1S/C26H37N3O6S/c1-7-24(26(31)27-19(3)4)28(17-20-10-9-11-23(16-20)34-5)25(30)18-29(36(6,32)33)21-12-14-22(15-13-21)35-8-2/h9-16,19,24H,7-8,17-18H2,1-6H3,(H,27,31)/t24-/m1/s1. The smallest absolute Gasteiger partial charge is 0.244 e. The van der Waals surface area contributed by atoms with Gasteiger partial charge < -0.3 is 19.7 Å². The van der Waals surface area contributed by atoms with E-state index < -0.39 is 28.5 Å². The second-order valence-electron chi connectivity index (χ2n) is 8.66. The summed E-state index contributed by atoms with van der Waals surface area (Å²) >= 11 is 0. The highest BCUT2D eigenvalue weighted by atomic mass is 32.2. The Labute approximate surface area is 214 Å². The molecule has 0 aliphatic heterocycles. The predicted molar refractivity (Wildman–Crippen MR) is 141 cm³/mol. The largest absolute Gasteiger partial charge is 0.497 e. The van der Waals surface area contributed by atoms with E-state index in [0.717, 1.165) is 16.1 Å². The monoisotopic (exact) mass is 519 g/mol. The predicted octanol–water partition coefficient (Wildman–Crippen LogP) is 3.19. The molecule has 0 unspecified atom stereocenters. The third-order valence-corrected chi connectivity index (χ3v) is 6.56. The van der Waals surface area contributed by atoms with Gasteiger partial charge in [0.15, 0.2) is 0 Å². The van der Waals surface area contributed by atoms with E-state index in [1.807, 2.05) is 33.8 Å². The van der Waals surface area contributed by atoms with Gasteiger partial charge in [-0.25, -0.2) is 8.42 Å². The average molecular weight is 520 g/mol. The third-order valence-electron chi connectivity index (χ3n) is 5.42. The molecule has 1 atom stereocenters. The molecular weight excluding hydrogens is 482 g/mol. The van der Waals surface area contributed by atoms with Crippen LogP contribution in [0.1, 0.15) is 39.7 Å².